The van der Waals surface area contributed by atoms with Crippen LogP contribution in [0.1, 0.15) is 16.2 Å². The summed E-state index contributed by atoms with van der Waals surface area (Å²) in [6, 6.07) is 2.37. The molecule has 2 amide bonds. The molecule has 0 radical (unpaired) electrons. The maximum atomic E-state index is 12.0. The van der Waals surface area contributed by atoms with Gasteiger partial charge < -0.3 is 30.2 Å². The zero-order valence-electron chi connectivity index (χ0n) is 18.5. The van der Waals surface area contributed by atoms with Crippen LogP contribution in [-0.4, -0.2) is 69.5 Å². The van der Waals surface area contributed by atoms with Gasteiger partial charge in [0, 0.05) is 16.9 Å². The third kappa shape index (κ3) is 7.11. The van der Waals surface area contributed by atoms with E-state index in [2.05, 4.69) is 20.3 Å². The van der Waals surface area contributed by atoms with Gasteiger partial charge in [0.2, 0.25) is 6.41 Å². The molecule has 1 saturated heterocycles. The minimum absolute atomic E-state index is 0. The van der Waals surface area contributed by atoms with Crippen molar-refractivity contribution in [2.24, 2.45) is 5.16 Å². The first-order chi connectivity index (χ1) is 16.4. The average Bonchev–Trinajstić information content (AvgIpc) is 3.51. The summed E-state index contributed by atoms with van der Waals surface area (Å²) in [5, 5.41) is 18.9. The number of furan rings is 1. The average molecular weight is 548 g/mol. The van der Waals surface area contributed by atoms with Crippen LogP contribution in [0.15, 0.2) is 44.6 Å². The van der Waals surface area contributed by atoms with E-state index in [1.54, 1.807) is 11.4 Å². The molecule has 0 unspecified atom stereocenters. The summed E-state index contributed by atoms with van der Waals surface area (Å²) in [4.78, 5) is 55.4. The molecule has 16 heteroatoms. The van der Waals surface area contributed by atoms with Crippen LogP contribution in [0.5, 0.6) is 0 Å². The third-order valence-corrected chi connectivity index (χ3v) is 7.41. The Kier molecular flexibility index (Phi) is 11.3. The molecule has 1 fully saturated rings. The largest absolute Gasteiger partial charge is 1.00 e. The van der Waals surface area contributed by atoms with Gasteiger partial charge in [-0.25, -0.2) is 4.98 Å². The predicted octanol–water partition coefficient (Wildman–Crippen LogP) is -3.10. The monoisotopic (exact) mass is 547 g/mol. The number of hydrogen-bond donors (Lipinski definition) is 2. The number of nitrogens with two attached hydrogens (primary N) is 1. The van der Waals surface area contributed by atoms with Crippen molar-refractivity contribution in [2.75, 3.05) is 24.3 Å². The molecule has 3 N–H and O–H groups in total. The number of nitrogen functional groups attached to an aromatic ring is 1. The van der Waals surface area contributed by atoms with Crippen molar-refractivity contribution >= 4 is 69.6 Å². The Balaban J connectivity index is 0.000000332. The van der Waals surface area contributed by atoms with E-state index >= 15 is 0 Å². The Morgan fingerprint density at radius 2 is 2.29 bits per heavy atom. The van der Waals surface area contributed by atoms with Gasteiger partial charge in [0.25, 0.3) is 11.0 Å². The Morgan fingerprint density at radius 1 is 1.51 bits per heavy atom. The molecule has 35 heavy (non-hydrogen) atoms. The number of anilines is 1. The number of thioether (sulfide) groups is 2. The number of carboxylic acid groups (broad SMARTS) is 1. The summed E-state index contributed by atoms with van der Waals surface area (Å²) in [6.45, 7) is 0. The van der Waals surface area contributed by atoms with Gasteiger partial charge in [-0.3, -0.25) is 19.3 Å². The predicted molar refractivity (Wildman–Crippen MR) is 125 cm³/mol. The molecular weight excluding hydrogens is 529 g/mol. The number of aromatic nitrogens is 1. The minimum Gasteiger partial charge on any atom is -0.543 e. The molecule has 2 aliphatic heterocycles. The quantitative estimate of drug-likeness (QED) is 0.112. The number of carbonyl (C=O) groups is 4. The number of carbonyl (C=O) groups excluding carboxylic acids is 4. The van der Waals surface area contributed by atoms with E-state index in [4.69, 9.17) is 10.2 Å². The fraction of sp³-hybridized carbons (Fsp3) is 0.263. The van der Waals surface area contributed by atoms with E-state index in [1.165, 1.54) is 48.8 Å². The zero-order chi connectivity index (χ0) is 24.7. The topological polar surface area (TPSA) is 180 Å². The van der Waals surface area contributed by atoms with Crippen molar-refractivity contribution in [3.8, 4) is 0 Å². The Bertz CT molecular complexity index is 1120. The molecule has 0 bridgehead atoms. The van der Waals surface area contributed by atoms with E-state index in [0.29, 0.717) is 22.9 Å². The second-order valence-corrected chi connectivity index (χ2v) is 9.44. The zero-order valence-corrected chi connectivity index (χ0v) is 23.0. The van der Waals surface area contributed by atoms with Crippen molar-refractivity contribution in [1.82, 2.24) is 15.2 Å². The summed E-state index contributed by atoms with van der Waals surface area (Å²) >= 11 is 3.60. The van der Waals surface area contributed by atoms with Crippen molar-refractivity contribution < 1.29 is 63.1 Å². The molecule has 0 aliphatic carbocycles. The van der Waals surface area contributed by atoms with Crippen molar-refractivity contribution in [2.45, 2.75) is 11.4 Å². The van der Waals surface area contributed by atoms with Gasteiger partial charge in [0.05, 0.1) is 29.8 Å². The molecule has 4 rings (SSSR count). The number of nitrogens with zero attached hydrogens (tertiary/aromatic N) is 3. The van der Waals surface area contributed by atoms with Gasteiger partial charge in [-0.2, -0.15) is 0 Å². The number of aliphatic carboxylic acids is 1. The summed E-state index contributed by atoms with van der Waals surface area (Å²) in [5.74, 6) is -1.37. The van der Waals surface area contributed by atoms with Gasteiger partial charge in [0.1, 0.15) is 18.5 Å². The SMILES string of the molecule is CO/N=C/c1csc(N)n1.O=CN[C@@H]1C(=O)N2C(C(=O)[O-])=C(CSC(=O)c3ccco3)CS[C@H]12.[Na+]. The first-order valence-corrected chi connectivity index (χ1v) is 12.3. The summed E-state index contributed by atoms with van der Waals surface area (Å²) < 4.78 is 4.99. The second kappa shape index (κ2) is 13.7. The summed E-state index contributed by atoms with van der Waals surface area (Å²) in [7, 11) is 1.48. The van der Waals surface area contributed by atoms with E-state index in [0.717, 1.165) is 22.4 Å². The number of hydrogen-bond acceptors (Lipinski definition) is 13. The fourth-order valence-electron chi connectivity index (χ4n) is 2.96. The number of carboxylic acids is 1. The fourth-order valence-corrected chi connectivity index (χ4v) is 5.76. The number of nitrogens with one attached hydrogen (secondary N) is 1. The van der Waals surface area contributed by atoms with E-state index in [-0.39, 0.29) is 51.9 Å². The molecule has 12 nitrogen and oxygen atoms in total. The van der Waals surface area contributed by atoms with Gasteiger partial charge in [-0.1, -0.05) is 16.9 Å². The first-order valence-electron chi connectivity index (χ1n) is 9.43. The molecule has 0 spiro atoms. The van der Waals surface area contributed by atoms with Gasteiger partial charge in [-0.15, -0.1) is 23.1 Å². The van der Waals surface area contributed by atoms with Crippen LogP contribution in [0.2, 0.25) is 0 Å². The molecule has 180 valence electrons. The van der Waals surface area contributed by atoms with Crippen LogP contribution in [0.3, 0.4) is 0 Å². The van der Waals surface area contributed by atoms with Crippen LogP contribution in [0.4, 0.5) is 5.13 Å². The number of thiazole rings is 1. The standard InChI is InChI=1S/C14H12N2O6S2.C5H7N3OS.Na/c17-6-15-9-11(18)16-10(13(19)20)7(4-23-12(9)16)5-24-14(21)8-2-1-3-22-8;1-9-7-2-4-3-10-5(6)8-4;/h1-3,6,9,12H,4-5H2,(H,15,17)(H,19,20);2-3H,1H3,(H2,6,8);/q;;+1/p-1/b;7-2+;/t9-,12-;;/m1../s1. The second-order valence-electron chi connectivity index (χ2n) is 6.49. The van der Waals surface area contributed by atoms with Crippen LogP contribution in [-0.2, 0) is 19.2 Å². The maximum Gasteiger partial charge on any atom is 1.00 e. The molecule has 2 aromatic heterocycles. The van der Waals surface area contributed by atoms with E-state index < -0.39 is 23.3 Å². The molecule has 2 aliphatic rings. The number of amides is 2. The molecule has 2 aromatic rings. The Labute approximate surface area is 234 Å². The van der Waals surface area contributed by atoms with Crippen molar-refractivity contribution in [1.29, 1.82) is 0 Å². The third-order valence-electron chi connectivity index (χ3n) is 4.42. The summed E-state index contributed by atoms with van der Waals surface area (Å²) in [6.07, 6.45) is 3.29. The van der Waals surface area contributed by atoms with Crippen molar-refractivity contribution in [3.05, 3.63) is 46.5 Å². The van der Waals surface area contributed by atoms with Gasteiger partial charge in [0.15, 0.2) is 10.9 Å². The van der Waals surface area contributed by atoms with Gasteiger partial charge in [-0.05, 0) is 17.7 Å². The van der Waals surface area contributed by atoms with Crippen LogP contribution in [0.25, 0.3) is 0 Å². The van der Waals surface area contributed by atoms with E-state index in [1.807, 2.05) is 0 Å². The molecule has 0 saturated carbocycles. The van der Waals surface area contributed by atoms with Crippen molar-refractivity contribution in [3.63, 3.8) is 0 Å². The molecule has 0 aromatic carbocycles. The molecule has 4 heterocycles. The Hall–Kier alpha value is -2.30. The first kappa shape index (κ1) is 28.9. The number of rotatable bonds is 8. The minimum atomic E-state index is -1.47. The maximum absolute atomic E-state index is 12.0. The Morgan fingerprint density at radius 3 is 2.86 bits per heavy atom. The molecular formula is C19H18N5NaO7S3. The van der Waals surface area contributed by atoms with E-state index in [9.17, 15) is 24.3 Å². The normalized spacial score (nSPS) is 18.5. The van der Waals surface area contributed by atoms with Gasteiger partial charge >= 0.3 is 29.6 Å². The van der Waals surface area contributed by atoms with Crippen LogP contribution >= 0.6 is 34.9 Å². The van der Waals surface area contributed by atoms with Crippen LogP contribution < -0.4 is 45.7 Å². The number of oxime groups is 1. The smallest absolute Gasteiger partial charge is 0.543 e. The number of β-lactam (4-membered cyclic amide) rings is 1. The molecule has 2 atom stereocenters. The van der Waals surface area contributed by atoms with Crippen LogP contribution in [0, 0.1) is 0 Å². The summed E-state index contributed by atoms with van der Waals surface area (Å²) in [5.41, 5.74) is 6.30. The number of fused-ring (bicyclic) bond motifs is 1.